The standard InChI is InChI=1S/C32H33N3O2/c1-21-18-35(25-15-13-24(14-16-25)34-19-31(2,3)30(37)32(4,5)20-34)29(36)27-8-6-7-26(28(21)27)23-11-9-22(17-33)10-12-23/h6-16,18,30,37H,19-20H2,1-5H3. The lowest BCUT2D eigenvalue weighted by atomic mass is 9.68. The Balaban J connectivity index is 1.53. The molecule has 5 heteroatoms. The van der Waals surface area contributed by atoms with Gasteiger partial charge in [0.2, 0.25) is 0 Å². The maximum atomic E-state index is 13.6. The van der Waals surface area contributed by atoms with Crippen LogP contribution in [0.25, 0.3) is 27.6 Å². The summed E-state index contributed by atoms with van der Waals surface area (Å²) >= 11 is 0. The van der Waals surface area contributed by atoms with Crippen LogP contribution in [0.4, 0.5) is 5.69 Å². The monoisotopic (exact) mass is 491 g/mol. The summed E-state index contributed by atoms with van der Waals surface area (Å²) in [6.45, 7) is 12.0. The first kappa shape index (κ1) is 24.8. The first-order valence-electron chi connectivity index (χ1n) is 12.7. The van der Waals surface area contributed by atoms with Crippen molar-refractivity contribution in [2.45, 2.75) is 40.7 Å². The number of hydrogen-bond acceptors (Lipinski definition) is 4. The molecule has 0 saturated carbocycles. The zero-order valence-corrected chi connectivity index (χ0v) is 22.1. The van der Waals surface area contributed by atoms with Crippen molar-refractivity contribution in [3.05, 3.63) is 94.4 Å². The molecule has 0 unspecified atom stereocenters. The quantitative estimate of drug-likeness (QED) is 0.378. The van der Waals surface area contributed by atoms with E-state index in [1.54, 1.807) is 16.7 Å². The van der Waals surface area contributed by atoms with Crippen LogP contribution in [-0.2, 0) is 0 Å². The lowest BCUT2D eigenvalue weighted by Gasteiger charge is -2.51. The first-order chi connectivity index (χ1) is 17.5. The topological polar surface area (TPSA) is 69.3 Å². The van der Waals surface area contributed by atoms with Crippen LogP contribution in [0.2, 0.25) is 0 Å². The molecule has 1 aromatic heterocycles. The minimum absolute atomic E-state index is 0.0628. The molecule has 1 N–H and O–H groups in total. The smallest absolute Gasteiger partial charge is 0.262 e. The third kappa shape index (κ3) is 4.32. The van der Waals surface area contributed by atoms with Crippen LogP contribution >= 0.6 is 0 Å². The number of anilines is 1. The Morgan fingerprint density at radius 2 is 1.49 bits per heavy atom. The fourth-order valence-electron chi connectivity index (χ4n) is 6.04. The summed E-state index contributed by atoms with van der Waals surface area (Å²) < 4.78 is 1.72. The van der Waals surface area contributed by atoms with Gasteiger partial charge in [-0.2, -0.15) is 5.26 Å². The van der Waals surface area contributed by atoms with E-state index in [9.17, 15) is 9.90 Å². The minimum atomic E-state index is -0.371. The van der Waals surface area contributed by atoms with Crippen molar-refractivity contribution in [1.29, 1.82) is 5.26 Å². The number of pyridine rings is 1. The van der Waals surface area contributed by atoms with Crippen LogP contribution < -0.4 is 10.5 Å². The number of aromatic nitrogens is 1. The van der Waals surface area contributed by atoms with Crippen LogP contribution in [0, 0.1) is 29.1 Å². The number of aryl methyl sites for hydroxylation is 1. The number of aliphatic hydroxyl groups is 1. The molecular weight excluding hydrogens is 458 g/mol. The number of fused-ring (bicyclic) bond motifs is 1. The second-order valence-corrected chi connectivity index (χ2v) is 11.7. The molecule has 0 atom stereocenters. The van der Waals surface area contributed by atoms with Gasteiger partial charge in [0.05, 0.1) is 17.7 Å². The largest absolute Gasteiger partial charge is 0.392 e. The summed E-state index contributed by atoms with van der Waals surface area (Å²) in [5.41, 5.74) is 4.98. The lowest BCUT2D eigenvalue weighted by molar-refractivity contribution is -0.0531. The lowest BCUT2D eigenvalue weighted by Crippen LogP contribution is -2.58. The van der Waals surface area contributed by atoms with E-state index >= 15 is 0 Å². The Bertz CT molecular complexity index is 1550. The molecule has 188 valence electrons. The van der Waals surface area contributed by atoms with Crippen LogP contribution in [-0.4, -0.2) is 28.9 Å². The number of aliphatic hydroxyl groups excluding tert-OH is 1. The van der Waals surface area contributed by atoms with Gasteiger partial charge in [-0.1, -0.05) is 52.0 Å². The molecular formula is C32H33N3O2. The highest BCUT2D eigenvalue weighted by Gasteiger charge is 2.46. The molecule has 0 bridgehead atoms. The van der Waals surface area contributed by atoms with Gasteiger partial charge in [-0.25, -0.2) is 0 Å². The van der Waals surface area contributed by atoms with Crippen molar-refractivity contribution in [3.8, 4) is 22.9 Å². The average Bonchev–Trinajstić information content (AvgIpc) is 2.89. The van der Waals surface area contributed by atoms with E-state index in [1.165, 1.54) is 0 Å². The SMILES string of the molecule is Cc1cn(-c2ccc(N3CC(C)(C)C(O)C(C)(C)C3)cc2)c(=O)c2cccc(-c3ccc(C#N)cc3)c12. The van der Waals surface area contributed by atoms with E-state index in [2.05, 4.69) is 50.8 Å². The van der Waals surface area contributed by atoms with E-state index in [4.69, 9.17) is 5.26 Å². The van der Waals surface area contributed by atoms with Crippen molar-refractivity contribution in [2.24, 2.45) is 10.8 Å². The normalized spacial score (nSPS) is 17.1. The number of piperidine rings is 1. The summed E-state index contributed by atoms with van der Waals surface area (Å²) in [5, 5.41) is 21.5. The summed E-state index contributed by atoms with van der Waals surface area (Å²) in [5.74, 6) is 0. The van der Waals surface area contributed by atoms with Gasteiger partial charge < -0.3 is 10.0 Å². The molecule has 0 aliphatic carbocycles. The van der Waals surface area contributed by atoms with E-state index in [0.717, 1.165) is 46.5 Å². The molecule has 5 rings (SSSR count). The number of nitriles is 1. The Morgan fingerprint density at radius 3 is 2.08 bits per heavy atom. The van der Waals surface area contributed by atoms with Gasteiger partial charge in [-0.15, -0.1) is 0 Å². The van der Waals surface area contributed by atoms with Gasteiger partial charge in [-0.3, -0.25) is 9.36 Å². The molecule has 5 nitrogen and oxygen atoms in total. The Morgan fingerprint density at radius 1 is 0.892 bits per heavy atom. The van der Waals surface area contributed by atoms with Gasteiger partial charge in [0, 0.05) is 46.9 Å². The predicted octanol–water partition coefficient (Wildman–Crippen LogP) is 6.07. The summed E-state index contributed by atoms with van der Waals surface area (Å²) in [6, 6.07) is 23.6. The summed E-state index contributed by atoms with van der Waals surface area (Å²) in [6.07, 6.45) is 1.54. The Hall–Kier alpha value is -3.88. The maximum absolute atomic E-state index is 13.6. The zero-order valence-electron chi connectivity index (χ0n) is 22.1. The average molecular weight is 492 g/mol. The number of nitrogens with zero attached hydrogens (tertiary/aromatic N) is 3. The maximum Gasteiger partial charge on any atom is 0.262 e. The highest BCUT2D eigenvalue weighted by atomic mass is 16.3. The van der Waals surface area contributed by atoms with Gasteiger partial charge >= 0.3 is 0 Å². The number of hydrogen-bond donors (Lipinski definition) is 1. The van der Waals surface area contributed by atoms with Crippen LogP contribution in [0.15, 0.2) is 77.7 Å². The minimum Gasteiger partial charge on any atom is -0.392 e. The molecule has 0 spiro atoms. The number of rotatable bonds is 3. The fraction of sp³-hybridized carbons (Fsp3) is 0.312. The Kier molecular flexibility index (Phi) is 5.96. The highest BCUT2D eigenvalue weighted by molar-refractivity contribution is 5.98. The van der Waals surface area contributed by atoms with Crippen molar-refractivity contribution in [3.63, 3.8) is 0 Å². The van der Waals surface area contributed by atoms with Crippen molar-refractivity contribution >= 4 is 16.5 Å². The first-order valence-corrected chi connectivity index (χ1v) is 12.7. The Labute approximate surface area is 218 Å². The van der Waals surface area contributed by atoms with Gasteiger partial charge in [0.25, 0.3) is 5.56 Å². The molecule has 3 aromatic carbocycles. The number of benzene rings is 3. The zero-order chi connectivity index (χ0) is 26.5. The van der Waals surface area contributed by atoms with Crippen LogP contribution in [0.5, 0.6) is 0 Å². The second-order valence-electron chi connectivity index (χ2n) is 11.7. The van der Waals surface area contributed by atoms with Crippen LogP contribution in [0.3, 0.4) is 0 Å². The van der Waals surface area contributed by atoms with E-state index in [1.807, 2.05) is 55.6 Å². The van der Waals surface area contributed by atoms with Gasteiger partial charge in [-0.05, 0) is 71.5 Å². The molecule has 1 saturated heterocycles. The van der Waals surface area contributed by atoms with E-state index < -0.39 is 0 Å². The van der Waals surface area contributed by atoms with Gasteiger partial charge in [0.15, 0.2) is 0 Å². The molecule has 37 heavy (non-hydrogen) atoms. The molecule has 1 aliphatic heterocycles. The second kappa shape index (κ2) is 8.90. The van der Waals surface area contributed by atoms with Crippen molar-refractivity contribution in [2.75, 3.05) is 18.0 Å². The third-order valence-corrected chi connectivity index (χ3v) is 7.73. The van der Waals surface area contributed by atoms with E-state index in [-0.39, 0.29) is 22.5 Å². The molecule has 4 aromatic rings. The highest BCUT2D eigenvalue weighted by Crippen LogP contribution is 2.41. The fourth-order valence-corrected chi connectivity index (χ4v) is 6.04. The van der Waals surface area contributed by atoms with Crippen molar-refractivity contribution < 1.29 is 5.11 Å². The third-order valence-electron chi connectivity index (χ3n) is 7.73. The molecule has 1 aliphatic rings. The van der Waals surface area contributed by atoms with Crippen LogP contribution in [0.1, 0.15) is 38.8 Å². The van der Waals surface area contributed by atoms with Gasteiger partial charge in [0.1, 0.15) is 0 Å². The molecule has 0 amide bonds. The molecule has 1 fully saturated rings. The summed E-state index contributed by atoms with van der Waals surface area (Å²) in [7, 11) is 0. The van der Waals surface area contributed by atoms with Crippen molar-refractivity contribution in [1.82, 2.24) is 4.57 Å². The molecule has 2 heterocycles. The summed E-state index contributed by atoms with van der Waals surface area (Å²) in [4.78, 5) is 16.0. The molecule has 0 radical (unpaired) electrons. The van der Waals surface area contributed by atoms with E-state index in [0.29, 0.717) is 10.9 Å². The predicted molar refractivity (Wildman–Crippen MR) is 150 cm³/mol.